The second-order valence-corrected chi connectivity index (χ2v) is 26.9. The van der Waals surface area contributed by atoms with E-state index in [0.717, 1.165) is 115 Å². The van der Waals surface area contributed by atoms with Crippen LogP contribution >= 0.6 is 0 Å². The van der Waals surface area contributed by atoms with E-state index in [0.29, 0.717) is 143 Å². The molecular weight excluding hydrogens is 1290 g/mol. The lowest BCUT2D eigenvalue weighted by Crippen LogP contribution is -2.30. The fourth-order valence-electron chi connectivity index (χ4n) is 11.7. The van der Waals surface area contributed by atoms with Crippen LogP contribution in [-0.4, -0.2) is 130 Å². The predicted molar refractivity (Wildman–Crippen MR) is 385 cm³/mol. The number of carbonyl (C=O) groups excluding carboxylic acids is 7. The van der Waals surface area contributed by atoms with E-state index in [1.807, 2.05) is 0 Å². The standard InChI is InChI=1S/C79H129F5N4O12/c1-5-9-13-17-21-25-41-57-96-67(89)45-29-35-51-87(52-36-30-46-68(90)97-58-42-26-22-18-14-10-6-2)55-39-33-49-85-77(93)64-61-65(63-66(62-64)79(95)100-76-74(83)72(81)71(80)73(82)75(76)84)78(94)86-50-34-40-56-88(53-37-31-47-69(91)98-59-43-27-23-19-15-11-7-3)54-38-32-48-70(92)99-60-44-28-24-20-16-12-8-4/h61-63H,5-60H2,1-4H3,(H,85,93)(H,86,94). The monoisotopic (exact) mass is 1420 g/mol. The number of esters is 5. The van der Waals surface area contributed by atoms with Gasteiger partial charge in [-0.2, -0.15) is 8.78 Å². The SMILES string of the molecule is CCCCCCCCCOC(=O)CCCCN(CCCCNC(=O)c1cc(C(=O)NCCCCN(CCCCC(=O)OCCCCCCCCC)CCCCC(=O)OCCCCCCCCC)cc(C(=O)Oc2c(F)c(F)c(F)c(F)c2F)c1)CCCCC(=O)OCCCCCCCCC. The van der Waals surface area contributed by atoms with Gasteiger partial charge in [0.2, 0.25) is 34.8 Å². The first-order chi connectivity index (χ1) is 48.6. The normalized spacial score (nSPS) is 11.3. The van der Waals surface area contributed by atoms with E-state index in [1.54, 1.807) is 0 Å². The van der Waals surface area contributed by atoms with Crippen molar-refractivity contribution in [3.63, 3.8) is 0 Å². The average molecular weight is 1420 g/mol. The molecule has 0 unspecified atom stereocenters. The van der Waals surface area contributed by atoms with Crippen LogP contribution in [-0.2, 0) is 38.1 Å². The first-order valence-corrected chi connectivity index (χ1v) is 39.1. The molecule has 100 heavy (non-hydrogen) atoms. The highest BCUT2D eigenvalue weighted by molar-refractivity contribution is 6.03. The fraction of sp³-hybridized carbons (Fsp3) is 0.759. The van der Waals surface area contributed by atoms with Crippen LogP contribution in [0.3, 0.4) is 0 Å². The summed E-state index contributed by atoms with van der Waals surface area (Å²) in [6, 6.07) is 3.21. The van der Waals surface area contributed by atoms with Gasteiger partial charge in [-0.15, -0.1) is 0 Å². The first kappa shape index (κ1) is 90.4. The highest BCUT2D eigenvalue weighted by Crippen LogP contribution is 2.30. The average Bonchev–Trinajstić information content (AvgIpc) is 0.795. The van der Waals surface area contributed by atoms with Gasteiger partial charge < -0.3 is 44.1 Å². The molecule has 21 heteroatoms. The zero-order chi connectivity index (χ0) is 73.1. The molecule has 0 aromatic heterocycles. The number of benzene rings is 2. The molecule has 2 amide bonds. The quantitative estimate of drug-likeness (QED) is 0.0121. The third kappa shape index (κ3) is 45.3. The van der Waals surface area contributed by atoms with Crippen molar-refractivity contribution in [2.24, 2.45) is 0 Å². The van der Waals surface area contributed by atoms with E-state index in [1.165, 1.54) is 109 Å². The molecule has 0 saturated heterocycles. The number of ether oxygens (including phenoxy) is 5. The van der Waals surface area contributed by atoms with E-state index in [-0.39, 0.29) is 48.1 Å². The molecule has 2 aromatic rings. The van der Waals surface area contributed by atoms with Crippen molar-refractivity contribution >= 4 is 41.7 Å². The maximum atomic E-state index is 14.8. The van der Waals surface area contributed by atoms with E-state index >= 15 is 0 Å². The summed E-state index contributed by atoms with van der Waals surface area (Å²) in [6.45, 7) is 14.8. The lowest BCUT2D eigenvalue weighted by molar-refractivity contribution is -0.144. The van der Waals surface area contributed by atoms with E-state index in [4.69, 9.17) is 23.7 Å². The van der Waals surface area contributed by atoms with Gasteiger partial charge >= 0.3 is 29.8 Å². The van der Waals surface area contributed by atoms with Gasteiger partial charge in [-0.1, -0.05) is 182 Å². The van der Waals surface area contributed by atoms with E-state index < -0.39 is 58.2 Å². The molecule has 0 spiro atoms. The zero-order valence-corrected chi connectivity index (χ0v) is 62.0. The van der Waals surface area contributed by atoms with Gasteiger partial charge in [-0.05, 0) is 160 Å². The molecule has 0 aliphatic carbocycles. The van der Waals surface area contributed by atoms with Crippen LogP contribution in [0.25, 0.3) is 0 Å². The van der Waals surface area contributed by atoms with Gasteiger partial charge in [0.1, 0.15) is 0 Å². The molecule has 0 aliphatic heterocycles. The van der Waals surface area contributed by atoms with Gasteiger partial charge in [-0.3, -0.25) is 28.8 Å². The van der Waals surface area contributed by atoms with Gasteiger partial charge in [0, 0.05) is 49.9 Å². The number of rotatable bonds is 66. The van der Waals surface area contributed by atoms with Crippen molar-refractivity contribution in [3.8, 4) is 5.75 Å². The summed E-state index contributed by atoms with van der Waals surface area (Å²) in [4.78, 5) is 96.0. The molecule has 16 nitrogen and oxygen atoms in total. The maximum absolute atomic E-state index is 14.8. The molecule has 0 fully saturated rings. The largest absolute Gasteiger partial charge is 0.466 e. The van der Waals surface area contributed by atoms with Crippen molar-refractivity contribution < 1.29 is 79.2 Å². The number of unbranched alkanes of at least 4 members (excludes halogenated alkanes) is 30. The van der Waals surface area contributed by atoms with Crippen molar-refractivity contribution in [1.29, 1.82) is 0 Å². The van der Waals surface area contributed by atoms with Crippen LogP contribution in [0.15, 0.2) is 18.2 Å². The minimum absolute atomic E-state index is 0.150. The Kier molecular flexibility index (Phi) is 55.0. The van der Waals surface area contributed by atoms with Crippen molar-refractivity contribution in [2.75, 3.05) is 78.8 Å². The number of nitrogens with one attached hydrogen (secondary N) is 2. The highest BCUT2D eigenvalue weighted by atomic mass is 19.2. The molecule has 0 heterocycles. The van der Waals surface area contributed by atoms with Crippen molar-refractivity contribution in [1.82, 2.24) is 20.4 Å². The Morgan fingerprint density at radius 2 is 0.540 bits per heavy atom. The van der Waals surface area contributed by atoms with Gasteiger partial charge in [0.05, 0.1) is 32.0 Å². The van der Waals surface area contributed by atoms with Crippen LogP contribution in [0.2, 0.25) is 0 Å². The summed E-state index contributed by atoms with van der Waals surface area (Å²) in [5, 5.41) is 5.59. The second-order valence-electron chi connectivity index (χ2n) is 26.9. The van der Waals surface area contributed by atoms with Crippen LogP contribution < -0.4 is 15.4 Å². The van der Waals surface area contributed by atoms with Crippen LogP contribution in [0.4, 0.5) is 22.0 Å². The molecule has 0 atom stereocenters. The summed E-state index contributed by atoms with van der Waals surface area (Å²) >= 11 is 0. The lowest BCUT2D eigenvalue weighted by Gasteiger charge is -2.22. The van der Waals surface area contributed by atoms with Gasteiger partial charge in [0.15, 0.2) is 0 Å². The Balaban J connectivity index is 2.13. The summed E-state index contributed by atoms with van der Waals surface area (Å²) in [7, 11) is 0. The Labute approximate surface area is 597 Å². The smallest absolute Gasteiger partial charge is 0.343 e. The van der Waals surface area contributed by atoms with Crippen molar-refractivity contribution in [3.05, 3.63) is 64.0 Å². The third-order valence-electron chi connectivity index (χ3n) is 17.9. The number of halogens is 5. The Morgan fingerprint density at radius 3 is 0.820 bits per heavy atom. The molecular formula is C79H129F5N4O12. The first-order valence-electron chi connectivity index (χ1n) is 39.1. The fourth-order valence-corrected chi connectivity index (χ4v) is 11.7. The van der Waals surface area contributed by atoms with Gasteiger partial charge in [-0.25, -0.2) is 18.0 Å². The van der Waals surface area contributed by atoms with Crippen molar-refractivity contribution in [2.45, 2.75) is 310 Å². The lowest BCUT2D eigenvalue weighted by atomic mass is 10.0. The number of carbonyl (C=O) groups is 7. The van der Waals surface area contributed by atoms with E-state index in [9.17, 15) is 55.5 Å². The van der Waals surface area contributed by atoms with Crippen LogP contribution in [0.1, 0.15) is 341 Å². The number of amides is 2. The summed E-state index contributed by atoms with van der Waals surface area (Å²) in [6.07, 6.45) is 40.5. The number of hydrogen-bond acceptors (Lipinski definition) is 14. The Morgan fingerprint density at radius 1 is 0.300 bits per heavy atom. The van der Waals surface area contributed by atoms with E-state index in [2.05, 4.69) is 48.1 Å². The molecule has 0 saturated carbocycles. The zero-order valence-electron chi connectivity index (χ0n) is 62.0. The summed E-state index contributed by atoms with van der Waals surface area (Å²) in [5.41, 5.74) is -1.03. The minimum Gasteiger partial charge on any atom is -0.466 e. The molecule has 0 bridgehead atoms. The number of hydrogen-bond donors (Lipinski definition) is 2. The summed E-state index contributed by atoms with van der Waals surface area (Å²) < 4.78 is 98.7. The van der Waals surface area contributed by atoms with Gasteiger partial charge in [0.25, 0.3) is 11.8 Å². The molecule has 0 radical (unpaired) electrons. The molecule has 572 valence electrons. The topological polar surface area (TPSA) is 196 Å². The molecule has 0 aliphatic rings. The van der Waals surface area contributed by atoms with Crippen LogP contribution in [0, 0.1) is 29.1 Å². The minimum atomic E-state index is -2.45. The van der Waals surface area contributed by atoms with Crippen LogP contribution in [0.5, 0.6) is 5.75 Å². The molecule has 2 rings (SSSR count). The molecule has 2 N–H and O–H groups in total. The highest BCUT2D eigenvalue weighted by Gasteiger charge is 2.30. The Hall–Kier alpha value is -5.70. The Bertz CT molecular complexity index is 2310. The third-order valence-corrected chi connectivity index (χ3v) is 17.9. The maximum Gasteiger partial charge on any atom is 0.343 e. The summed E-state index contributed by atoms with van der Waals surface area (Å²) in [5.74, 6) is -17.7. The second kappa shape index (κ2) is 60.8. The number of nitrogens with zero attached hydrogens (tertiary/aromatic N) is 2. The molecule has 2 aromatic carbocycles. The predicted octanol–water partition coefficient (Wildman–Crippen LogP) is 19.1.